The van der Waals surface area contributed by atoms with Crippen LogP contribution >= 0.6 is 23.4 Å². The number of hydrogen-bond donors (Lipinski definition) is 1. The van der Waals surface area contributed by atoms with E-state index >= 15 is 0 Å². The van der Waals surface area contributed by atoms with Gasteiger partial charge in [-0.1, -0.05) is 35.5 Å². The number of aromatic nitrogens is 2. The van der Waals surface area contributed by atoms with E-state index in [9.17, 15) is 9.18 Å². The number of hydrogen-bond acceptors (Lipinski definition) is 5. The maximum absolute atomic E-state index is 13.2. The lowest BCUT2D eigenvalue weighted by Gasteiger charge is -2.06. The predicted octanol–water partition coefficient (Wildman–Crippen LogP) is 4.57. The van der Waals surface area contributed by atoms with Gasteiger partial charge >= 0.3 is 0 Å². The number of amides is 1. The first-order valence-electron chi connectivity index (χ1n) is 7.29. The first-order valence-corrected chi connectivity index (χ1v) is 8.66. The fourth-order valence-corrected chi connectivity index (χ4v) is 2.89. The van der Waals surface area contributed by atoms with Crippen LogP contribution in [0.5, 0.6) is 0 Å². The van der Waals surface area contributed by atoms with Gasteiger partial charge in [-0.15, -0.1) is 10.2 Å². The average Bonchev–Trinajstić information content (AvgIpc) is 3.05. The number of carbonyl (C=O) groups excluding carboxylic acids is 1. The van der Waals surface area contributed by atoms with Crippen LogP contribution in [-0.4, -0.2) is 21.9 Å². The fourth-order valence-electron chi connectivity index (χ4n) is 2.04. The summed E-state index contributed by atoms with van der Waals surface area (Å²) in [7, 11) is 0. The van der Waals surface area contributed by atoms with Crippen LogP contribution in [0.3, 0.4) is 0 Å². The molecule has 0 aliphatic heterocycles. The van der Waals surface area contributed by atoms with Crippen LogP contribution in [0.2, 0.25) is 5.02 Å². The van der Waals surface area contributed by atoms with Crippen molar-refractivity contribution in [1.29, 1.82) is 0 Å². The molecule has 0 aliphatic rings. The lowest BCUT2D eigenvalue weighted by Crippen LogP contribution is -2.14. The minimum absolute atomic E-state index is 0.0784. The van der Waals surface area contributed by atoms with E-state index < -0.39 is 0 Å². The van der Waals surface area contributed by atoms with Gasteiger partial charge in [-0.05, 0) is 42.8 Å². The lowest BCUT2D eigenvalue weighted by atomic mass is 10.2. The van der Waals surface area contributed by atoms with Crippen LogP contribution in [0.4, 0.5) is 10.1 Å². The molecule has 0 saturated heterocycles. The molecule has 0 spiro atoms. The summed E-state index contributed by atoms with van der Waals surface area (Å²) in [5.74, 6) is -0.362. The van der Waals surface area contributed by atoms with E-state index in [-0.39, 0.29) is 28.6 Å². The van der Waals surface area contributed by atoms with Gasteiger partial charge in [0.15, 0.2) is 0 Å². The summed E-state index contributed by atoms with van der Waals surface area (Å²) in [6.45, 7) is 1.92. The van der Waals surface area contributed by atoms with Gasteiger partial charge in [0.1, 0.15) is 5.82 Å². The second-order valence-electron chi connectivity index (χ2n) is 5.20. The number of benzene rings is 2. The zero-order valence-electron chi connectivity index (χ0n) is 13.1. The number of nitrogens with zero attached hydrogens (tertiary/aromatic N) is 2. The highest BCUT2D eigenvalue weighted by Gasteiger charge is 2.12. The van der Waals surface area contributed by atoms with Crippen molar-refractivity contribution in [3.63, 3.8) is 0 Å². The Morgan fingerprint density at radius 2 is 2.12 bits per heavy atom. The van der Waals surface area contributed by atoms with Crippen LogP contribution in [-0.2, 0) is 4.79 Å². The van der Waals surface area contributed by atoms with Crippen LogP contribution in [0, 0.1) is 12.7 Å². The molecule has 2 aromatic carbocycles. The molecule has 1 heterocycles. The van der Waals surface area contributed by atoms with Crippen molar-refractivity contribution in [3.05, 3.63) is 58.9 Å². The number of nitrogens with one attached hydrogen (secondary N) is 1. The highest BCUT2D eigenvalue weighted by atomic mass is 35.5. The van der Waals surface area contributed by atoms with Crippen molar-refractivity contribution >= 4 is 35.0 Å². The van der Waals surface area contributed by atoms with Gasteiger partial charge in [-0.3, -0.25) is 4.79 Å². The Morgan fingerprint density at radius 3 is 2.88 bits per heavy atom. The summed E-state index contributed by atoms with van der Waals surface area (Å²) in [5, 5.41) is 11.1. The van der Waals surface area contributed by atoms with Crippen molar-refractivity contribution in [2.75, 3.05) is 11.1 Å². The number of thioether (sulfide) groups is 1. The van der Waals surface area contributed by atoms with E-state index in [1.807, 2.05) is 13.0 Å². The highest BCUT2D eigenvalue weighted by Crippen LogP contribution is 2.25. The van der Waals surface area contributed by atoms with Gasteiger partial charge in [0.05, 0.1) is 16.5 Å². The first kappa shape index (κ1) is 17.4. The molecule has 8 heteroatoms. The minimum atomic E-state index is -0.390. The SMILES string of the molecule is Cc1ccc(NC(=O)CSc2nnc(-c3cccc(F)c3)o2)c(Cl)c1. The van der Waals surface area contributed by atoms with Gasteiger partial charge in [-0.25, -0.2) is 4.39 Å². The Labute approximate surface area is 152 Å². The normalized spacial score (nSPS) is 10.7. The summed E-state index contributed by atoms with van der Waals surface area (Å²) in [4.78, 5) is 12.0. The van der Waals surface area contributed by atoms with Crippen molar-refractivity contribution < 1.29 is 13.6 Å². The molecule has 1 amide bonds. The van der Waals surface area contributed by atoms with E-state index in [1.165, 1.54) is 12.1 Å². The van der Waals surface area contributed by atoms with Crippen molar-refractivity contribution in [2.24, 2.45) is 0 Å². The number of halogens is 2. The van der Waals surface area contributed by atoms with Gasteiger partial charge in [0.25, 0.3) is 5.22 Å². The summed E-state index contributed by atoms with van der Waals surface area (Å²) >= 11 is 7.17. The topological polar surface area (TPSA) is 68.0 Å². The zero-order chi connectivity index (χ0) is 17.8. The molecule has 25 heavy (non-hydrogen) atoms. The molecule has 5 nitrogen and oxygen atoms in total. The molecule has 1 aromatic heterocycles. The maximum atomic E-state index is 13.2. The average molecular weight is 378 g/mol. The van der Waals surface area contributed by atoms with Crippen molar-refractivity contribution in [3.8, 4) is 11.5 Å². The molecule has 0 atom stereocenters. The molecule has 1 N–H and O–H groups in total. The largest absolute Gasteiger partial charge is 0.411 e. The fraction of sp³-hybridized carbons (Fsp3) is 0.118. The zero-order valence-corrected chi connectivity index (χ0v) is 14.7. The Kier molecular flexibility index (Phi) is 5.35. The minimum Gasteiger partial charge on any atom is -0.411 e. The van der Waals surface area contributed by atoms with Crippen LogP contribution in [0.15, 0.2) is 52.1 Å². The summed E-state index contributed by atoms with van der Waals surface area (Å²) in [5.41, 5.74) is 2.03. The van der Waals surface area contributed by atoms with Crippen LogP contribution in [0.25, 0.3) is 11.5 Å². The van der Waals surface area contributed by atoms with E-state index in [1.54, 1.807) is 24.3 Å². The molecule has 0 saturated carbocycles. The second-order valence-corrected chi connectivity index (χ2v) is 6.54. The number of aryl methyl sites for hydroxylation is 1. The lowest BCUT2D eigenvalue weighted by molar-refractivity contribution is -0.113. The van der Waals surface area contributed by atoms with Crippen molar-refractivity contribution in [1.82, 2.24) is 10.2 Å². The maximum Gasteiger partial charge on any atom is 0.277 e. The van der Waals surface area contributed by atoms with Gasteiger partial charge < -0.3 is 9.73 Å². The molecule has 3 rings (SSSR count). The second kappa shape index (κ2) is 7.67. The molecule has 3 aromatic rings. The molecule has 0 fully saturated rings. The first-order chi connectivity index (χ1) is 12.0. The van der Waals surface area contributed by atoms with Crippen LogP contribution < -0.4 is 5.32 Å². The molecular formula is C17H13ClFN3O2S. The standard InChI is InChI=1S/C17H13ClFN3O2S/c1-10-5-6-14(13(18)7-10)20-15(23)9-25-17-22-21-16(24-17)11-3-2-4-12(19)8-11/h2-8H,9H2,1H3,(H,20,23). The quantitative estimate of drug-likeness (QED) is 0.660. The molecule has 0 bridgehead atoms. The van der Waals surface area contributed by atoms with Gasteiger partial charge in [0.2, 0.25) is 11.8 Å². The Hall–Kier alpha value is -2.38. The number of rotatable bonds is 5. The Bertz CT molecular complexity index is 916. The third kappa shape index (κ3) is 4.58. The number of anilines is 1. The van der Waals surface area contributed by atoms with E-state index in [4.69, 9.17) is 16.0 Å². The van der Waals surface area contributed by atoms with E-state index in [0.29, 0.717) is 16.3 Å². The smallest absolute Gasteiger partial charge is 0.277 e. The predicted molar refractivity (Wildman–Crippen MR) is 95.2 cm³/mol. The third-order valence-electron chi connectivity index (χ3n) is 3.20. The Morgan fingerprint density at radius 1 is 1.28 bits per heavy atom. The highest BCUT2D eigenvalue weighted by molar-refractivity contribution is 7.99. The number of carbonyl (C=O) groups is 1. The summed E-state index contributed by atoms with van der Waals surface area (Å²) < 4.78 is 18.7. The van der Waals surface area contributed by atoms with Crippen molar-refractivity contribution in [2.45, 2.75) is 12.1 Å². The van der Waals surface area contributed by atoms with Crippen LogP contribution in [0.1, 0.15) is 5.56 Å². The van der Waals surface area contributed by atoms with E-state index in [0.717, 1.165) is 17.3 Å². The van der Waals surface area contributed by atoms with E-state index in [2.05, 4.69) is 15.5 Å². The molecule has 0 unspecified atom stereocenters. The summed E-state index contributed by atoms with van der Waals surface area (Å²) in [6, 6.07) is 11.2. The monoisotopic (exact) mass is 377 g/mol. The molecular weight excluding hydrogens is 365 g/mol. The molecule has 128 valence electrons. The molecule has 0 radical (unpaired) electrons. The third-order valence-corrected chi connectivity index (χ3v) is 4.33. The van der Waals surface area contributed by atoms with Gasteiger partial charge in [-0.2, -0.15) is 0 Å². The molecule has 0 aliphatic carbocycles. The summed E-state index contributed by atoms with van der Waals surface area (Å²) in [6.07, 6.45) is 0. The van der Waals surface area contributed by atoms with Gasteiger partial charge in [0, 0.05) is 5.56 Å². The Balaban J connectivity index is 1.59.